The van der Waals surface area contributed by atoms with Crippen molar-refractivity contribution in [3.05, 3.63) is 28.2 Å². The summed E-state index contributed by atoms with van der Waals surface area (Å²) in [4.78, 5) is 0. The molecule has 2 N–H and O–H groups in total. The van der Waals surface area contributed by atoms with Crippen LogP contribution in [0.2, 0.25) is 10.0 Å². The molecule has 4 nitrogen and oxygen atoms in total. The van der Waals surface area contributed by atoms with E-state index >= 15 is 0 Å². The summed E-state index contributed by atoms with van der Waals surface area (Å²) in [6.07, 6.45) is 0. The zero-order chi connectivity index (χ0) is 13.8. The highest BCUT2D eigenvalue weighted by Gasteiger charge is 2.49. The fraction of sp³-hybridized carbons (Fsp3) is 0.364. The second-order valence-electron chi connectivity index (χ2n) is 4.61. The van der Waals surface area contributed by atoms with Crippen LogP contribution in [0.3, 0.4) is 0 Å². The number of hydrogen-bond acceptors (Lipinski definition) is 4. The molecule has 3 rings (SSSR count). The summed E-state index contributed by atoms with van der Waals surface area (Å²) in [5.41, 5.74) is 6.79. The number of nitrogens with zero attached hydrogens (tertiary/aromatic N) is 1. The van der Waals surface area contributed by atoms with Crippen LogP contribution in [0, 0.1) is 0 Å². The van der Waals surface area contributed by atoms with E-state index in [9.17, 15) is 8.42 Å². The Balaban J connectivity index is 2.04. The fourth-order valence-electron chi connectivity index (χ4n) is 2.48. The van der Waals surface area contributed by atoms with Crippen LogP contribution in [0.4, 0.5) is 5.69 Å². The van der Waals surface area contributed by atoms with Crippen LogP contribution < -0.4 is 5.73 Å². The monoisotopic (exact) mass is 337 g/mol. The largest absolute Gasteiger partial charge is 0.310 e. The van der Waals surface area contributed by atoms with Crippen molar-refractivity contribution in [2.75, 3.05) is 11.5 Å². The molecule has 0 bridgehead atoms. The van der Waals surface area contributed by atoms with Gasteiger partial charge in [0.15, 0.2) is 9.84 Å². The Labute approximate surface area is 125 Å². The number of thioether (sulfide) groups is 1. The first-order valence-electron chi connectivity index (χ1n) is 5.61. The molecular formula is C11H11Cl2N2O2S2+. The number of sulfone groups is 1. The van der Waals surface area contributed by atoms with E-state index in [0.29, 0.717) is 15.2 Å². The molecule has 2 aliphatic heterocycles. The topological polar surface area (TPSA) is 63.2 Å². The van der Waals surface area contributed by atoms with E-state index in [1.54, 1.807) is 18.2 Å². The average Bonchev–Trinajstić information content (AvgIpc) is 2.73. The third-order valence-corrected chi connectivity index (χ3v) is 7.18. The summed E-state index contributed by atoms with van der Waals surface area (Å²) in [6, 6.07) is 5.08. The molecule has 8 heteroatoms. The summed E-state index contributed by atoms with van der Waals surface area (Å²) < 4.78 is 25.3. The minimum Gasteiger partial charge on any atom is -0.281 e. The minimum atomic E-state index is -2.98. The number of amidine groups is 1. The van der Waals surface area contributed by atoms with Gasteiger partial charge >= 0.3 is 5.17 Å². The maximum absolute atomic E-state index is 11.7. The molecule has 1 saturated heterocycles. The molecule has 1 aromatic rings. The van der Waals surface area contributed by atoms with Gasteiger partial charge in [-0.15, -0.1) is 0 Å². The van der Waals surface area contributed by atoms with Crippen molar-refractivity contribution < 1.29 is 13.0 Å². The van der Waals surface area contributed by atoms with Crippen molar-refractivity contribution in [2.45, 2.75) is 11.3 Å². The van der Waals surface area contributed by atoms with E-state index in [0.717, 1.165) is 5.69 Å². The van der Waals surface area contributed by atoms with Gasteiger partial charge in [-0.05, 0) is 23.9 Å². The van der Waals surface area contributed by atoms with Crippen molar-refractivity contribution >= 4 is 55.7 Å². The van der Waals surface area contributed by atoms with Crippen LogP contribution in [-0.2, 0) is 9.84 Å². The Hall–Kier alpha value is -0.430. The quantitative estimate of drug-likeness (QED) is 0.794. The average molecular weight is 338 g/mol. The Bertz CT molecular complexity index is 688. The lowest BCUT2D eigenvalue weighted by Gasteiger charge is -2.11. The van der Waals surface area contributed by atoms with Gasteiger partial charge < -0.3 is 0 Å². The van der Waals surface area contributed by atoms with E-state index in [1.165, 1.54) is 11.8 Å². The third-order valence-electron chi connectivity index (χ3n) is 3.29. The summed E-state index contributed by atoms with van der Waals surface area (Å²) in [5, 5.41) is 1.51. The molecule has 1 fully saturated rings. The van der Waals surface area contributed by atoms with Gasteiger partial charge in [-0.3, -0.25) is 5.73 Å². The molecule has 0 spiro atoms. The molecule has 2 atom stereocenters. The highest BCUT2D eigenvalue weighted by atomic mass is 35.5. The molecular weight excluding hydrogens is 327 g/mol. The molecule has 0 radical (unpaired) electrons. The zero-order valence-electron chi connectivity index (χ0n) is 9.71. The molecule has 19 heavy (non-hydrogen) atoms. The summed E-state index contributed by atoms with van der Waals surface area (Å²) in [7, 11) is -2.98. The second-order valence-corrected chi connectivity index (χ2v) is 8.83. The number of hydrogen-bond donors (Lipinski definition) is 1. The van der Waals surface area contributed by atoms with Gasteiger partial charge in [0, 0.05) is 6.07 Å². The smallest absolute Gasteiger partial charge is 0.281 e. The van der Waals surface area contributed by atoms with Crippen molar-refractivity contribution in [3.8, 4) is 0 Å². The van der Waals surface area contributed by atoms with Crippen LogP contribution in [0.5, 0.6) is 0 Å². The molecule has 0 aromatic heterocycles. The molecule has 102 valence electrons. The van der Waals surface area contributed by atoms with Crippen molar-refractivity contribution in [3.63, 3.8) is 0 Å². The van der Waals surface area contributed by atoms with E-state index in [2.05, 4.69) is 0 Å². The lowest BCUT2D eigenvalue weighted by molar-refractivity contribution is -0.470. The van der Waals surface area contributed by atoms with Gasteiger partial charge in [-0.25, -0.2) is 13.0 Å². The van der Waals surface area contributed by atoms with Gasteiger partial charge in [0.2, 0.25) is 0 Å². The lowest BCUT2D eigenvalue weighted by atomic mass is 10.2. The predicted octanol–water partition coefficient (Wildman–Crippen LogP) is 1.86. The summed E-state index contributed by atoms with van der Waals surface area (Å²) in [6.45, 7) is 0. The van der Waals surface area contributed by atoms with Crippen LogP contribution in [-0.4, -0.2) is 41.0 Å². The third kappa shape index (κ3) is 2.35. The van der Waals surface area contributed by atoms with Crippen LogP contribution >= 0.6 is 35.0 Å². The Morgan fingerprint density at radius 1 is 1.26 bits per heavy atom. The molecule has 2 unspecified atom stereocenters. The number of benzene rings is 1. The van der Waals surface area contributed by atoms with Gasteiger partial charge in [-0.1, -0.05) is 23.2 Å². The van der Waals surface area contributed by atoms with E-state index in [-0.39, 0.29) is 22.8 Å². The normalized spacial score (nSPS) is 28.7. The van der Waals surface area contributed by atoms with Crippen LogP contribution in [0.1, 0.15) is 0 Å². The Morgan fingerprint density at radius 2 is 2.00 bits per heavy atom. The second kappa shape index (κ2) is 4.55. The zero-order valence-corrected chi connectivity index (χ0v) is 12.9. The van der Waals surface area contributed by atoms with Gasteiger partial charge in [0.05, 0.1) is 26.8 Å². The Morgan fingerprint density at radius 3 is 2.68 bits per heavy atom. The number of fused-ring (bicyclic) bond motifs is 1. The lowest BCUT2D eigenvalue weighted by Crippen LogP contribution is -2.29. The van der Waals surface area contributed by atoms with Gasteiger partial charge in [0.25, 0.3) is 0 Å². The van der Waals surface area contributed by atoms with Gasteiger partial charge in [-0.2, -0.15) is 0 Å². The molecule has 2 aliphatic rings. The fourth-order valence-corrected chi connectivity index (χ4v) is 6.59. The number of nitrogens with two attached hydrogens (primary N) is 1. The molecule has 1 aromatic carbocycles. The summed E-state index contributed by atoms with van der Waals surface area (Å²) >= 11 is 13.3. The maximum Gasteiger partial charge on any atom is 0.310 e. The first-order valence-corrected chi connectivity index (χ1v) is 9.07. The minimum absolute atomic E-state index is 0.000506. The van der Waals surface area contributed by atoms with Crippen molar-refractivity contribution in [1.29, 1.82) is 0 Å². The number of rotatable bonds is 1. The first-order chi connectivity index (χ1) is 8.87. The van der Waals surface area contributed by atoms with Crippen LogP contribution in [0.25, 0.3) is 0 Å². The SMILES string of the molecule is NC1=[N+](c2ccc(Cl)c(Cl)c2)C2CS(=O)(=O)CC2S1. The molecule has 0 saturated carbocycles. The number of halogens is 2. The van der Waals surface area contributed by atoms with Gasteiger partial charge in [0.1, 0.15) is 11.7 Å². The molecule has 0 amide bonds. The van der Waals surface area contributed by atoms with Crippen LogP contribution in [0.15, 0.2) is 18.2 Å². The highest BCUT2D eigenvalue weighted by Crippen LogP contribution is 2.37. The van der Waals surface area contributed by atoms with Crippen molar-refractivity contribution in [1.82, 2.24) is 0 Å². The van der Waals surface area contributed by atoms with E-state index < -0.39 is 9.84 Å². The molecule has 2 heterocycles. The van der Waals surface area contributed by atoms with Crippen molar-refractivity contribution in [2.24, 2.45) is 5.73 Å². The summed E-state index contributed by atoms with van der Waals surface area (Å²) in [5.74, 6) is 0.312. The predicted molar refractivity (Wildman–Crippen MR) is 79.4 cm³/mol. The standard InChI is InChI=1S/C11H10Cl2N2O2S2/c12-7-2-1-6(3-8(7)13)15-9-4-19(16,17)5-10(9)18-11(15)14/h1-3,9-10,14H,4-5H2/p+1. The molecule has 0 aliphatic carbocycles. The highest BCUT2D eigenvalue weighted by molar-refractivity contribution is 8.15. The Kier molecular flexibility index (Phi) is 3.24. The van der Waals surface area contributed by atoms with E-state index in [4.69, 9.17) is 28.9 Å². The first kappa shape index (κ1) is 13.5. The maximum atomic E-state index is 11.7. The van der Waals surface area contributed by atoms with E-state index in [1.807, 2.05) is 4.58 Å².